The van der Waals surface area contributed by atoms with Gasteiger partial charge in [0, 0.05) is 37.9 Å². The van der Waals surface area contributed by atoms with E-state index in [9.17, 15) is 0 Å². The van der Waals surface area contributed by atoms with Gasteiger partial charge in [-0.3, -0.25) is 0 Å². The first-order chi connectivity index (χ1) is 8.79. The summed E-state index contributed by atoms with van der Waals surface area (Å²) in [6.07, 6.45) is 4.73. The zero-order chi connectivity index (χ0) is 12.4. The lowest BCUT2D eigenvalue weighted by atomic mass is 10.0. The summed E-state index contributed by atoms with van der Waals surface area (Å²) in [7, 11) is 0. The second-order valence-corrected chi connectivity index (χ2v) is 5.51. The van der Waals surface area contributed by atoms with Gasteiger partial charge in [-0.05, 0) is 38.2 Å². The molecule has 3 rings (SSSR count). The molecule has 4 heteroatoms. The molecular weight excluding hydrogens is 226 g/mol. The van der Waals surface area contributed by atoms with Gasteiger partial charge in [0.25, 0.3) is 0 Å². The van der Waals surface area contributed by atoms with Crippen molar-refractivity contribution >= 4 is 0 Å². The molecule has 2 heterocycles. The van der Waals surface area contributed by atoms with Crippen LogP contribution in [-0.4, -0.2) is 29.2 Å². The van der Waals surface area contributed by atoms with Crippen molar-refractivity contribution in [1.82, 2.24) is 15.3 Å². The van der Waals surface area contributed by atoms with Crippen molar-refractivity contribution in [2.45, 2.75) is 45.2 Å². The van der Waals surface area contributed by atoms with Crippen molar-refractivity contribution in [2.75, 3.05) is 13.2 Å². The van der Waals surface area contributed by atoms with Crippen LogP contribution in [0.5, 0.6) is 0 Å². The Bertz CT molecular complexity index is 412. The van der Waals surface area contributed by atoms with Gasteiger partial charge in [-0.25, -0.2) is 9.97 Å². The van der Waals surface area contributed by atoms with Gasteiger partial charge in [-0.1, -0.05) is 0 Å². The zero-order valence-corrected chi connectivity index (χ0v) is 11.0. The van der Waals surface area contributed by atoms with E-state index in [2.05, 4.69) is 28.3 Å². The second-order valence-electron chi connectivity index (χ2n) is 5.51. The Balaban J connectivity index is 1.64. The lowest BCUT2D eigenvalue weighted by Crippen LogP contribution is -2.18. The third-order valence-electron chi connectivity index (χ3n) is 3.60. The zero-order valence-electron chi connectivity index (χ0n) is 11.0. The molecule has 0 aromatic carbocycles. The van der Waals surface area contributed by atoms with E-state index in [-0.39, 0.29) is 0 Å². The fraction of sp³-hybridized carbons (Fsp3) is 0.714. The fourth-order valence-electron chi connectivity index (χ4n) is 2.42. The Morgan fingerprint density at radius 1 is 1.33 bits per heavy atom. The third kappa shape index (κ3) is 3.27. The van der Waals surface area contributed by atoms with E-state index in [0.29, 0.717) is 5.92 Å². The van der Waals surface area contributed by atoms with Gasteiger partial charge in [0.2, 0.25) is 0 Å². The molecule has 1 aromatic rings. The van der Waals surface area contributed by atoms with Crippen LogP contribution in [0.25, 0.3) is 0 Å². The van der Waals surface area contributed by atoms with Crippen molar-refractivity contribution in [2.24, 2.45) is 5.92 Å². The van der Waals surface area contributed by atoms with Crippen LogP contribution < -0.4 is 5.32 Å². The van der Waals surface area contributed by atoms with Gasteiger partial charge in [0.15, 0.2) is 0 Å². The van der Waals surface area contributed by atoms with Crippen LogP contribution in [-0.2, 0) is 17.7 Å². The average molecular weight is 247 g/mol. The number of aryl methyl sites for hydroxylation is 1. The molecule has 1 unspecified atom stereocenters. The maximum Gasteiger partial charge on any atom is 0.129 e. The molecule has 0 amide bonds. The molecule has 4 nitrogen and oxygen atoms in total. The standard InChI is InChI=1S/C14H21N3O/c1-10-6-13(8-15-12-2-3-12)17-14(16-10)7-11-4-5-18-9-11/h6,11-12,15H,2-5,7-9H2,1H3. The molecule has 1 saturated heterocycles. The number of ether oxygens (including phenoxy) is 1. The fourth-order valence-corrected chi connectivity index (χ4v) is 2.42. The first-order valence-electron chi connectivity index (χ1n) is 6.94. The predicted molar refractivity (Wildman–Crippen MR) is 69.3 cm³/mol. The van der Waals surface area contributed by atoms with Crippen molar-refractivity contribution in [1.29, 1.82) is 0 Å². The Hall–Kier alpha value is -1.00. The highest BCUT2D eigenvalue weighted by Crippen LogP contribution is 2.20. The van der Waals surface area contributed by atoms with E-state index >= 15 is 0 Å². The molecule has 1 saturated carbocycles. The van der Waals surface area contributed by atoms with Crippen molar-refractivity contribution < 1.29 is 4.74 Å². The van der Waals surface area contributed by atoms with Crippen molar-refractivity contribution in [3.05, 3.63) is 23.3 Å². The highest BCUT2D eigenvalue weighted by Gasteiger charge is 2.21. The van der Waals surface area contributed by atoms with Crippen molar-refractivity contribution in [3.8, 4) is 0 Å². The van der Waals surface area contributed by atoms with Gasteiger partial charge in [-0.15, -0.1) is 0 Å². The number of hydrogen-bond acceptors (Lipinski definition) is 4. The highest BCUT2D eigenvalue weighted by atomic mass is 16.5. The number of aromatic nitrogens is 2. The van der Waals surface area contributed by atoms with Crippen LogP contribution in [0.15, 0.2) is 6.07 Å². The van der Waals surface area contributed by atoms with E-state index in [0.717, 1.165) is 55.9 Å². The molecule has 0 bridgehead atoms. The van der Waals surface area contributed by atoms with Crippen molar-refractivity contribution in [3.63, 3.8) is 0 Å². The van der Waals surface area contributed by atoms with Crippen LogP contribution in [0.2, 0.25) is 0 Å². The summed E-state index contributed by atoms with van der Waals surface area (Å²) in [5, 5.41) is 3.51. The number of rotatable bonds is 5. The Morgan fingerprint density at radius 3 is 2.94 bits per heavy atom. The Labute approximate surface area is 108 Å². The minimum atomic E-state index is 0.607. The van der Waals surface area contributed by atoms with E-state index in [1.165, 1.54) is 12.8 Å². The molecule has 2 aliphatic rings. The lowest BCUT2D eigenvalue weighted by molar-refractivity contribution is 0.185. The van der Waals surface area contributed by atoms with E-state index in [1.54, 1.807) is 0 Å². The molecule has 1 atom stereocenters. The number of nitrogens with one attached hydrogen (secondary N) is 1. The van der Waals surface area contributed by atoms with Gasteiger partial charge < -0.3 is 10.1 Å². The normalized spacial score (nSPS) is 23.5. The molecular formula is C14H21N3O. The van der Waals surface area contributed by atoms with Crippen LogP contribution in [0, 0.1) is 12.8 Å². The van der Waals surface area contributed by atoms with Gasteiger partial charge >= 0.3 is 0 Å². The van der Waals surface area contributed by atoms with Crippen LogP contribution >= 0.6 is 0 Å². The van der Waals surface area contributed by atoms with Gasteiger partial charge in [0.1, 0.15) is 5.82 Å². The molecule has 98 valence electrons. The second kappa shape index (κ2) is 5.33. The van der Waals surface area contributed by atoms with E-state index in [4.69, 9.17) is 4.74 Å². The molecule has 18 heavy (non-hydrogen) atoms. The molecule has 0 spiro atoms. The Kier molecular flexibility index (Phi) is 3.57. The summed E-state index contributed by atoms with van der Waals surface area (Å²) < 4.78 is 5.41. The summed E-state index contributed by atoms with van der Waals surface area (Å²) in [5.74, 6) is 1.59. The summed E-state index contributed by atoms with van der Waals surface area (Å²) in [5.41, 5.74) is 2.20. The first-order valence-corrected chi connectivity index (χ1v) is 6.94. The van der Waals surface area contributed by atoms with Gasteiger partial charge in [0.05, 0.1) is 5.69 Å². The largest absolute Gasteiger partial charge is 0.381 e. The third-order valence-corrected chi connectivity index (χ3v) is 3.60. The monoisotopic (exact) mass is 247 g/mol. The molecule has 0 radical (unpaired) electrons. The SMILES string of the molecule is Cc1cc(CNC2CC2)nc(CC2CCOC2)n1. The molecule has 1 N–H and O–H groups in total. The molecule has 1 aromatic heterocycles. The smallest absolute Gasteiger partial charge is 0.129 e. The summed E-state index contributed by atoms with van der Waals surface area (Å²) >= 11 is 0. The topological polar surface area (TPSA) is 47.0 Å². The Morgan fingerprint density at radius 2 is 2.22 bits per heavy atom. The maximum absolute atomic E-state index is 5.41. The maximum atomic E-state index is 5.41. The van der Waals surface area contributed by atoms with Crippen LogP contribution in [0.1, 0.15) is 36.5 Å². The van der Waals surface area contributed by atoms with Crippen LogP contribution in [0.3, 0.4) is 0 Å². The lowest BCUT2D eigenvalue weighted by Gasteiger charge is -2.09. The minimum Gasteiger partial charge on any atom is -0.381 e. The van der Waals surface area contributed by atoms with Crippen LogP contribution in [0.4, 0.5) is 0 Å². The summed E-state index contributed by atoms with van der Waals surface area (Å²) in [4.78, 5) is 9.21. The molecule has 1 aliphatic carbocycles. The first kappa shape index (κ1) is 12.1. The molecule has 1 aliphatic heterocycles. The van der Waals surface area contributed by atoms with E-state index < -0.39 is 0 Å². The number of nitrogens with zero attached hydrogens (tertiary/aromatic N) is 2. The highest BCUT2D eigenvalue weighted by molar-refractivity contribution is 5.11. The minimum absolute atomic E-state index is 0.607. The van der Waals surface area contributed by atoms with Gasteiger partial charge in [-0.2, -0.15) is 0 Å². The summed E-state index contributed by atoms with van der Waals surface area (Å²) in [6.45, 7) is 4.69. The summed E-state index contributed by atoms with van der Waals surface area (Å²) in [6, 6.07) is 2.82. The number of hydrogen-bond donors (Lipinski definition) is 1. The quantitative estimate of drug-likeness (QED) is 0.859. The van der Waals surface area contributed by atoms with E-state index in [1.807, 2.05) is 0 Å². The molecule has 2 fully saturated rings. The predicted octanol–water partition coefficient (Wildman–Crippen LogP) is 1.62. The average Bonchev–Trinajstić information content (AvgIpc) is 3.04.